The SMILES string of the molecule is CC(OC(=O)OC1CCC(CC(N)C(=O)O)CC1)OC(=O)N1C(=O)C2([C@H](O)C(C)C)NC(=O)[C@@H](CCCl)[C@@H]12. The Labute approximate surface area is 225 Å². The van der Waals surface area contributed by atoms with Crippen molar-refractivity contribution in [2.24, 2.45) is 23.5 Å². The van der Waals surface area contributed by atoms with Crippen LogP contribution in [0.1, 0.15) is 59.3 Å². The number of nitrogens with zero attached hydrogens (tertiary/aromatic N) is 1. The van der Waals surface area contributed by atoms with Crippen LogP contribution in [-0.4, -0.2) is 87.1 Å². The van der Waals surface area contributed by atoms with Gasteiger partial charge in [-0.05, 0) is 50.4 Å². The summed E-state index contributed by atoms with van der Waals surface area (Å²) in [6.07, 6.45) is -2.47. The van der Waals surface area contributed by atoms with Gasteiger partial charge in [0, 0.05) is 12.8 Å². The first-order valence-electron chi connectivity index (χ1n) is 12.8. The zero-order chi connectivity index (χ0) is 28.4. The molecule has 3 fully saturated rings. The highest BCUT2D eigenvalue weighted by Crippen LogP contribution is 2.46. The number of alkyl halides is 1. The molecule has 1 aliphatic carbocycles. The van der Waals surface area contributed by atoms with E-state index in [-0.39, 0.29) is 18.2 Å². The standard InChI is InChI=1S/C24H36ClN3O10/c1-11(2)18(29)24-17(15(8-9-25)19(30)27-24)28(21(24)33)22(34)36-12(3)37-23(35)38-14-6-4-13(5-7-14)10-16(26)20(31)32/h11-18,29H,4-10,26H2,1-3H3,(H,27,30)(H,31,32)/t12?,13?,14?,15-,16?,17+,18+,24?/m0/s1. The molecule has 14 heteroatoms. The molecule has 3 rings (SSSR count). The first kappa shape index (κ1) is 29.9. The molecule has 0 bridgehead atoms. The van der Waals surface area contributed by atoms with Crippen molar-refractivity contribution in [3.63, 3.8) is 0 Å². The summed E-state index contributed by atoms with van der Waals surface area (Å²) in [7, 11) is 0. The molecule has 3 amide bonds. The second-order valence-corrected chi connectivity index (χ2v) is 10.9. The van der Waals surface area contributed by atoms with Crippen molar-refractivity contribution in [1.29, 1.82) is 0 Å². The Bertz CT molecular complexity index is 940. The maximum Gasteiger partial charge on any atom is 0.511 e. The summed E-state index contributed by atoms with van der Waals surface area (Å²) in [5, 5.41) is 22.3. The van der Waals surface area contributed by atoms with Gasteiger partial charge in [0.2, 0.25) is 12.2 Å². The van der Waals surface area contributed by atoms with E-state index in [4.69, 9.17) is 36.7 Å². The van der Waals surface area contributed by atoms with Crippen LogP contribution >= 0.6 is 11.6 Å². The number of likely N-dealkylation sites (tertiary alicyclic amines) is 1. The normalized spacial score (nSPS) is 31.0. The van der Waals surface area contributed by atoms with Crippen LogP contribution in [0.5, 0.6) is 0 Å². The van der Waals surface area contributed by atoms with Crippen LogP contribution in [0.2, 0.25) is 0 Å². The molecule has 3 unspecified atom stereocenters. The van der Waals surface area contributed by atoms with Gasteiger partial charge in [-0.1, -0.05) is 13.8 Å². The zero-order valence-electron chi connectivity index (χ0n) is 21.6. The van der Waals surface area contributed by atoms with Crippen molar-refractivity contribution in [2.45, 2.75) is 95.4 Å². The van der Waals surface area contributed by atoms with E-state index in [1.165, 1.54) is 6.92 Å². The van der Waals surface area contributed by atoms with Crippen LogP contribution in [0.15, 0.2) is 0 Å². The predicted octanol–water partition coefficient (Wildman–Crippen LogP) is 1.32. The van der Waals surface area contributed by atoms with Crippen LogP contribution in [0, 0.1) is 17.8 Å². The number of β-lactam (4-membered cyclic amide) rings is 1. The summed E-state index contributed by atoms with van der Waals surface area (Å²) in [5.74, 6) is -3.36. The van der Waals surface area contributed by atoms with Crippen molar-refractivity contribution in [3.05, 3.63) is 0 Å². The van der Waals surface area contributed by atoms with Gasteiger partial charge in [-0.3, -0.25) is 14.4 Å². The molecule has 5 N–H and O–H groups in total. The first-order chi connectivity index (χ1) is 17.8. The lowest BCUT2D eigenvalue weighted by molar-refractivity contribution is -0.173. The number of nitrogens with two attached hydrogens (primary N) is 1. The number of carbonyl (C=O) groups is 5. The summed E-state index contributed by atoms with van der Waals surface area (Å²) >= 11 is 5.84. The molecule has 0 spiro atoms. The molecule has 0 radical (unpaired) electrons. The second-order valence-electron chi connectivity index (χ2n) is 10.5. The van der Waals surface area contributed by atoms with E-state index < -0.39 is 78.0 Å². The molecule has 1 saturated carbocycles. The monoisotopic (exact) mass is 561 g/mol. The molecule has 214 valence electrons. The molecule has 0 aromatic rings. The van der Waals surface area contributed by atoms with Crippen molar-refractivity contribution in [3.8, 4) is 0 Å². The molecule has 2 heterocycles. The molecule has 13 nitrogen and oxygen atoms in total. The van der Waals surface area contributed by atoms with E-state index in [0.717, 1.165) is 4.90 Å². The number of carboxylic acids is 1. The Morgan fingerprint density at radius 2 is 1.79 bits per heavy atom. The fourth-order valence-corrected chi connectivity index (χ4v) is 5.86. The Balaban J connectivity index is 1.53. The molecule has 2 saturated heterocycles. The van der Waals surface area contributed by atoms with Crippen LogP contribution in [0.4, 0.5) is 9.59 Å². The summed E-state index contributed by atoms with van der Waals surface area (Å²) in [6, 6.07) is -1.94. The highest BCUT2D eigenvalue weighted by molar-refractivity contribution is 6.18. The summed E-state index contributed by atoms with van der Waals surface area (Å²) in [5.41, 5.74) is 3.93. The van der Waals surface area contributed by atoms with Crippen LogP contribution in [0.3, 0.4) is 0 Å². The highest BCUT2D eigenvalue weighted by Gasteiger charge is 2.74. The summed E-state index contributed by atoms with van der Waals surface area (Å²) < 4.78 is 15.5. The largest absolute Gasteiger partial charge is 0.511 e. The molecular weight excluding hydrogens is 526 g/mol. The number of fused-ring (bicyclic) bond motifs is 1. The number of carbonyl (C=O) groups excluding carboxylic acids is 4. The van der Waals surface area contributed by atoms with Crippen molar-refractivity contribution >= 4 is 41.6 Å². The lowest BCUT2D eigenvalue weighted by Crippen LogP contribution is -2.82. The van der Waals surface area contributed by atoms with Crippen LogP contribution in [0.25, 0.3) is 0 Å². The van der Waals surface area contributed by atoms with Gasteiger partial charge >= 0.3 is 18.2 Å². The maximum atomic E-state index is 13.1. The fourth-order valence-electron chi connectivity index (χ4n) is 5.63. The van der Waals surface area contributed by atoms with E-state index in [1.807, 2.05) is 0 Å². The van der Waals surface area contributed by atoms with Crippen molar-refractivity contribution in [2.75, 3.05) is 5.88 Å². The number of nitrogens with one attached hydrogen (secondary N) is 1. The third-order valence-corrected chi connectivity index (χ3v) is 7.79. The third kappa shape index (κ3) is 5.84. The van der Waals surface area contributed by atoms with Gasteiger partial charge in [-0.15, -0.1) is 11.6 Å². The van der Waals surface area contributed by atoms with Crippen molar-refractivity contribution < 1.29 is 48.4 Å². The van der Waals surface area contributed by atoms with Crippen LogP contribution in [-0.2, 0) is 28.6 Å². The molecule has 38 heavy (non-hydrogen) atoms. The fraction of sp³-hybridized carbons (Fsp3) is 0.792. The summed E-state index contributed by atoms with van der Waals surface area (Å²) in [4.78, 5) is 62.5. The third-order valence-electron chi connectivity index (χ3n) is 7.57. The van der Waals surface area contributed by atoms with E-state index in [1.54, 1.807) is 13.8 Å². The highest BCUT2D eigenvalue weighted by atomic mass is 35.5. The van der Waals surface area contributed by atoms with Gasteiger partial charge in [0.15, 0.2) is 5.54 Å². The Morgan fingerprint density at radius 1 is 1.16 bits per heavy atom. The molecule has 3 aliphatic rings. The second kappa shape index (κ2) is 12.0. The van der Waals surface area contributed by atoms with E-state index >= 15 is 0 Å². The minimum absolute atomic E-state index is 0.0964. The van der Waals surface area contributed by atoms with Gasteiger partial charge < -0.3 is 35.5 Å². The quantitative estimate of drug-likeness (QED) is 0.130. The number of aliphatic hydroxyl groups excluding tert-OH is 1. The maximum absolute atomic E-state index is 13.1. The van der Waals surface area contributed by atoms with Gasteiger partial charge in [-0.25, -0.2) is 14.5 Å². The number of halogens is 1. The lowest BCUT2D eigenvalue weighted by atomic mass is 9.69. The van der Waals surface area contributed by atoms with Crippen LogP contribution < -0.4 is 11.1 Å². The number of hydrogen-bond acceptors (Lipinski definition) is 10. The summed E-state index contributed by atoms with van der Waals surface area (Å²) in [6.45, 7) is 4.65. The lowest BCUT2D eigenvalue weighted by Gasteiger charge is -2.53. The number of hydrogen-bond donors (Lipinski definition) is 4. The minimum atomic E-state index is -1.66. The molecular formula is C24H36ClN3O10. The Kier molecular flexibility index (Phi) is 9.48. The van der Waals surface area contributed by atoms with Gasteiger partial charge in [0.1, 0.15) is 12.1 Å². The zero-order valence-corrected chi connectivity index (χ0v) is 22.4. The van der Waals surface area contributed by atoms with Gasteiger partial charge in [0.25, 0.3) is 5.91 Å². The minimum Gasteiger partial charge on any atom is -0.480 e. The predicted molar refractivity (Wildman–Crippen MR) is 131 cm³/mol. The van der Waals surface area contributed by atoms with Crippen molar-refractivity contribution in [1.82, 2.24) is 10.2 Å². The number of aliphatic hydroxyl groups is 1. The Morgan fingerprint density at radius 3 is 2.34 bits per heavy atom. The molecule has 0 aromatic carbocycles. The topological polar surface area (TPSA) is 195 Å². The average Bonchev–Trinajstić information content (AvgIpc) is 3.08. The number of carboxylic acid groups (broad SMARTS) is 1. The van der Waals surface area contributed by atoms with E-state index in [0.29, 0.717) is 32.1 Å². The van der Waals surface area contributed by atoms with Gasteiger partial charge in [-0.2, -0.15) is 0 Å². The smallest absolute Gasteiger partial charge is 0.480 e. The number of imide groups is 1. The van der Waals surface area contributed by atoms with E-state index in [2.05, 4.69) is 5.32 Å². The number of ether oxygens (including phenoxy) is 3. The van der Waals surface area contributed by atoms with Gasteiger partial charge in [0.05, 0.1) is 18.1 Å². The first-order valence-corrected chi connectivity index (χ1v) is 13.3. The number of amides is 3. The number of rotatable bonds is 10. The molecule has 0 aromatic heterocycles. The molecule has 6 atom stereocenters. The molecule has 2 aliphatic heterocycles. The number of aliphatic carboxylic acids is 1. The Hall–Kier alpha value is -2.64. The van der Waals surface area contributed by atoms with E-state index in [9.17, 15) is 29.1 Å². The average molecular weight is 562 g/mol.